The molecule has 0 N–H and O–H groups in total. The van der Waals surface area contributed by atoms with Gasteiger partial charge in [-0.05, 0) is 31.2 Å². The molecule has 0 unspecified atom stereocenters. The molecule has 0 aliphatic heterocycles. The van der Waals surface area contributed by atoms with Crippen LogP contribution in [-0.2, 0) is 4.75 Å². The predicted octanol–water partition coefficient (Wildman–Crippen LogP) is 3.20. The summed E-state index contributed by atoms with van der Waals surface area (Å²) in [5, 5.41) is 0. The molecule has 1 aliphatic rings. The monoisotopic (exact) mass is 243 g/mol. The van der Waals surface area contributed by atoms with Crippen LogP contribution >= 0.6 is 27.7 Å². The summed E-state index contributed by atoms with van der Waals surface area (Å²) in [6.07, 6.45) is 6.58. The van der Waals surface area contributed by atoms with E-state index in [1.54, 1.807) is 0 Å². The Morgan fingerprint density at radius 2 is 2.33 bits per heavy atom. The highest BCUT2D eigenvalue weighted by Gasteiger charge is 2.44. The van der Waals surface area contributed by atoms with E-state index in [2.05, 4.69) is 33.2 Å². The lowest BCUT2D eigenvalue weighted by Crippen LogP contribution is -2.02. The molecule has 0 aromatic carbocycles. The smallest absolute Gasteiger partial charge is 0.0579 e. The average molecular weight is 244 g/mol. The van der Waals surface area contributed by atoms with Gasteiger partial charge in [0, 0.05) is 10.7 Å². The molecule has 1 saturated carbocycles. The minimum Gasteiger partial charge on any atom is -0.260 e. The zero-order valence-electron chi connectivity index (χ0n) is 6.88. The molecule has 64 valence electrons. The summed E-state index contributed by atoms with van der Waals surface area (Å²) in [5.41, 5.74) is 1.23. The third-order valence-corrected chi connectivity index (χ3v) is 4.18. The van der Waals surface area contributed by atoms with Crippen LogP contribution in [0.2, 0.25) is 0 Å². The van der Waals surface area contributed by atoms with Gasteiger partial charge in [-0.1, -0.05) is 15.9 Å². The molecule has 1 nitrogen and oxygen atoms in total. The quantitative estimate of drug-likeness (QED) is 0.792. The van der Waals surface area contributed by atoms with Crippen molar-refractivity contribution >= 4 is 27.7 Å². The third-order valence-electron chi connectivity index (χ3n) is 2.28. The van der Waals surface area contributed by atoms with Crippen LogP contribution in [-0.4, -0.2) is 11.2 Å². The van der Waals surface area contributed by atoms with E-state index in [-0.39, 0.29) is 0 Å². The topological polar surface area (TPSA) is 12.9 Å². The van der Waals surface area contributed by atoms with E-state index in [0.29, 0.717) is 4.75 Å². The van der Waals surface area contributed by atoms with E-state index < -0.39 is 0 Å². The first-order valence-corrected chi connectivity index (χ1v) is 5.96. The fraction of sp³-hybridized carbons (Fsp3) is 0.444. The van der Waals surface area contributed by atoms with Gasteiger partial charge >= 0.3 is 0 Å². The maximum absolute atomic E-state index is 4.39. The molecule has 0 bridgehead atoms. The van der Waals surface area contributed by atoms with Gasteiger partial charge in [0.1, 0.15) is 0 Å². The van der Waals surface area contributed by atoms with Gasteiger partial charge in [-0.15, -0.1) is 0 Å². The van der Waals surface area contributed by atoms with Gasteiger partial charge in [0.15, 0.2) is 0 Å². The SMILES string of the molecule is CSC1(c2cc(Br)ccn2)CC1. The molecule has 1 aromatic heterocycles. The van der Waals surface area contributed by atoms with Crippen LogP contribution in [0.5, 0.6) is 0 Å². The molecule has 0 saturated heterocycles. The van der Waals surface area contributed by atoms with Gasteiger partial charge < -0.3 is 0 Å². The lowest BCUT2D eigenvalue weighted by Gasteiger charge is -2.10. The number of hydrogen-bond acceptors (Lipinski definition) is 2. The summed E-state index contributed by atoms with van der Waals surface area (Å²) >= 11 is 5.38. The van der Waals surface area contributed by atoms with Crippen LogP contribution in [0.3, 0.4) is 0 Å². The van der Waals surface area contributed by atoms with Gasteiger partial charge in [-0.25, -0.2) is 0 Å². The minimum absolute atomic E-state index is 0.351. The second-order valence-corrected chi connectivity index (χ2v) is 5.16. The summed E-state index contributed by atoms with van der Waals surface area (Å²) in [7, 11) is 0. The fourth-order valence-electron chi connectivity index (χ4n) is 1.33. The molecule has 0 radical (unpaired) electrons. The van der Waals surface area contributed by atoms with Crippen LogP contribution in [0.4, 0.5) is 0 Å². The van der Waals surface area contributed by atoms with Crippen molar-refractivity contribution < 1.29 is 0 Å². The molecule has 1 aromatic rings. The normalized spacial score (nSPS) is 19.2. The molecule has 1 aliphatic carbocycles. The largest absolute Gasteiger partial charge is 0.260 e. The number of halogens is 1. The summed E-state index contributed by atoms with van der Waals surface area (Å²) in [5.74, 6) is 0. The first-order chi connectivity index (χ1) is 5.77. The van der Waals surface area contributed by atoms with E-state index in [9.17, 15) is 0 Å². The van der Waals surface area contributed by atoms with E-state index in [0.717, 1.165) is 4.47 Å². The molecule has 2 rings (SSSR count). The Kier molecular flexibility index (Phi) is 2.17. The number of rotatable bonds is 2. The fourth-order valence-corrected chi connectivity index (χ4v) is 2.50. The number of aromatic nitrogens is 1. The second kappa shape index (κ2) is 3.04. The Morgan fingerprint density at radius 1 is 1.58 bits per heavy atom. The predicted molar refractivity (Wildman–Crippen MR) is 56.4 cm³/mol. The van der Waals surface area contributed by atoms with Crippen molar-refractivity contribution in [2.75, 3.05) is 6.26 Å². The zero-order valence-corrected chi connectivity index (χ0v) is 9.28. The highest BCUT2D eigenvalue weighted by atomic mass is 79.9. The molecule has 1 heterocycles. The van der Waals surface area contributed by atoms with E-state index in [4.69, 9.17) is 0 Å². The lowest BCUT2D eigenvalue weighted by atomic mass is 10.2. The van der Waals surface area contributed by atoms with Crippen LogP contribution < -0.4 is 0 Å². The van der Waals surface area contributed by atoms with E-state index in [1.807, 2.05) is 24.0 Å². The number of pyridine rings is 1. The van der Waals surface area contributed by atoms with Crippen LogP contribution in [0, 0.1) is 0 Å². The van der Waals surface area contributed by atoms with Crippen molar-refractivity contribution in [3.05, 3.63) is 28.5 Å². The highest BCUT2D eigenvalue weighted by molar-refractivity contribution is 9.10. The van der Waals surface area contributed by atoms with Gasteiger partial charge in [0.25, 0.3) is 0 Å². The summed E-state index contributed by atoms with van der Waals surface area (Å²) in [4.78, 5) is 4.39. The summed E-state index contributed by atoms with van der Waals surface area (Å²) < 4.78 is 1.48. The van der Waals surface area contributed by atoms with E-state index >= 15 is 0 Å². The van der Waals surface area contributed by atoms with Crippen molar-refractivity contribution in [2.24, 2.45) is 0 Å². The molecule has 12 heavy (non-hydrogen) atoms. The van der Waals surface area contributed by atoms with Crippen molar-refractivity contribution in [1.82, 2.24) is 4.98 Å². The first-order valence-electron chi connectivity index (χ1n) is 3.94. The van der Waals surface area contributed by atoms with Crippen molar-refractivity contribution in [3.8, 4) is 0 Å². The van der Waals surface area contributed by atoms with Gasteiger partial charge in [0.2, 0.25) is 0 Å². The molecule has 0 spiro atoms. The number of thioether (sulfide) groups is 1. The summed E-state index contributed by atoms with van der Waals surface area (Å²) in [6.45, 7) is 0. The van der Waals surface area contributed by atoms with Crippen LogP contribution in [0.15, 0.2) is 22.8 Å². The Bertz CT molecular complexity index is 296. The van der Waals surface area contributed by atoms with Gasteiger partial charge in [-0.2, -0.15) is 11.8 Å². The average Bonchev–Trinajstić information content (AvgIpc) is 2.84. The van der Waals surface area contributed by atoms with E-state index in [1.165, 1.54) is 18.5 Å². The standard InChI is InChI=1S/C9H10BrNS/c1-12-9(3-4-9)8-6-7(10)2-5-11-8/h2,5-6H,3-4H2,1H3. The Hall–Kier alpha value is -0.0200. The highest BCUT2D eigenvalue weighted by Crippen LogP contribution is 2.55. The summed E-state index contributed by atoms with van der Waals surface area (Å²) in [6, 6.07) is 4.10. The number of hydrogen-bond donors (Lipinski definition) is 0. The Balaban J connectivity index is 2.34. The first kappa shape index (κ1) is 8.57. The molecule has 0 amide bonds. The van der Waals surface area contributed by atoms with Gasteiger partial charge in [0.05, 0.1) is 10.4 Å². The lowest BCUT2D eigenvalue weighted by molar-refractivity contribution is 0.952. The van der Waals surface area contributed by atoms with Crippen molar-refractivity contribution in [1.29, 1.82) is 0 Å². The van der Waals surface area contributed by atoms with Crippen LogP contribution in [0.1, 0.15) is 18.5 Å². The van der Waals surface area contributed by atoms with Crippen molar-refractivity contribution in [2.45, 2.75) is 17.6 Å². The Labute approximate surface area is 85.1 Å². The third kappa shape index (κ3) is 1.40. The molecule has 3 heteroatoms. The second-order valence-electron chi connectivity index (χ2n) is 3.06. The minimum atomic E-state index is 0.351. The Morgan fingerprint density at radius 3 is 2.83 bits per heavy atom. The molecule has 1 fully saturated rings. The zero-order chi connectivity index (χ0) is 8.60. The van der Waals surface area contributed by atoms with Gasteiger partial charge in [-0.3, -0.25) is 4.98 Å². The number of nitrogens with zero attached hydrogens (tertiary/aromatic N) is 1. The molecular formula is C9H10BrNS. The maximum atomic E-state index is 4.39. The molecular weight excluding hydrogens is 234 g/mol. The molecule has 0 atom stereocenters. The maximum Gasteiger partial charge on any atom is 0.0579 e. The van der Waals surface area contributed by atoms with Crippen LogP contribution in [0.25, 0.3) is 0 Å². The van der Waals surface area contributed by atoms with Crippen molar-refractivity contribution in [3.63, 3.8) is 0 Å².